The van der Waals surface area contributed by atoms with Crippen molar-refractivity contribution in [3.05, 3.63) is 47.6 Å². The number of aliphatic hydroxyl groups excluding tert-OH is 1. The molecule has 17 nitrogen and oxygen atoms in total. The van der Waals surface area contributed by atoms with Crippen molar-refractivity contribution in [1.82, 2.24) is 4.90 Å². The van der Waals surface area contributed by atoms with Crippen molar-refractivity contribution in [3.8, 4) is 0 Å². The lowest BCUT2D eigenvalue weighted by atomic mass is 9.78. The molecule has 15 atom stereocenters. The Bertz CT molecular complexity index is 1930. The number of ether oxygens (including phenoxy) is 9. The first-order valence-electron chi connectivity index (χ1n) is 27.5. The van der Waals surface area contributed by atoms with Crippen LogP contribution in [0.5, 0.6) is 0 Å². The molecule has 0 aromatic rings. The monoisotopic (exact) mass is 1060 g/mol. The number of Topliss-reactive ketones (excluding diaryl/α,β-unsaturated/α-hetero) is 3. The number of methoxy groups -OCH3 is 4. The zero-order chi connectivity index (χ0) is 55.2. The summed E-state index contributed by atoms with van der Waals surface area (Å²) in [5, 5.41) is 22.8. The Morgan fingerprint density at radius 1 is 0.773 bits per heavy atom. The van der Waals surface area contributed by atoms with Crippen LogP contribution in [0.3, 0.4) is 0 Å². The molecule has 0 radical (unpaired) electrons. The molecule has 4 aliphatic rings. The molecule has 1 unspecified atom stereocenters. The number of hydrogen-bond acceptors (Lipinski definition) is 16. The Morgan fingerprint density at radius 2 is 1.47 bits per heavy atom. The SMILES string of the molecule is COCCOCCOCCOC1C[C@@H]2CC[C@@H](C)[C@@](O)(O2)C(=O)C(=O)N2CCCC[C@H]2C(=O)O[C@H]([C@H](C)C[C@@H]2CC[C@@H](O)[C@H](OC)C2)CC(=O)[C@H](C)/C=C(\C)[C@@H](OC)[C@@H](OC)C(=O)[C@H](C)C[C@H](C)/C=C/C=CC=C1C. The summed E-state index contributed by atoms with van der Waals surface area (Å²) in [7, 11) is 6.17. The minimum atomic E-state index is -2.48. The van der Waals surface area contributed by atoms with Gasteiger partial charge in [-0.25, -0.2) is 4.79 Å². The number of rotatable bonds is 16. The molecule has 0 aromatic carbocycles. The Labute approximate surface area is 447 Å². The third-order valence-electron chi connectivity index (χ3n) is 15.8. The standard InChI is InChI=1S/C58H93NO16/c1-37-17-13-12-14-18-38(2)49(73-30-29-72-28-27-71-26-25-67-8)35-45-22-20-43(7)58(66,75-45)55(63)56(64)59-24-16-15-19-46(59)57(65)74-50(40(4)33-44-21-23-47(60)51(34-44)68-9)36-48(61)39(3)32-42(6)53(69-10)54(70-11)52(62)41(5)31-37/h12-14,17-18,32,37,39-41,43-47,49-51,53-54,60,66H,15-16,19-31,33-36H2,1-11H3/b14-12?,17-13+,38-18?,42-32+/t37-,39-,40-,41-,43-,44+,45+,46+,47-,49?,50+,51-,53-,54+,58-/m1/s1. The molecule has 426 valence electrons. The molecule has 75 heavy (non-hydrogen) atoms. The highest BCUT2D eigenvalue weighted by molar-refractivity contribution is 6.39. The van der Waals surface area contributed by atoms with Gasteiger partial charge < -0.3 is 57.7 Å². The van der Waals surface area contributed by atoms with Crippen molar-refractivity contribution in [1.29, 1.82) is 0 Å². The van der Waals surface area contributed by atoms with Crippen LogP contribution in [0, 0.1) is 35.5 Å². The van der Waals surface area contributed by atoms with Crippen molar-refractivity contribution in [3.63, 3.8) is 0 Å². The molecule has 0 spiro atoms. The predicted molar refractivity (Wildman–Crippen MR) is 282 cm³/mol. The Balaban J connectivity index is 1.70. The summed E-state index contributed by atoms with van der Waals surface area (Å²) in [6, 6.07) is -1.15. The summed E-state index contributed by atoms with van der Waals surface area (Å²) < 4.78 is 52.6. The van der Waals surface area contributed by atoms with Gasteiger partial charge >= 0.3 is 5.97 Å². The maximum Gasteiger partial charge on any atom is 0.329 e. The molecule has 1 amide bonds. The quantitative estimate of drug-likeness (QED) is 0.0698. The van der Waals surface area contributed by atoms with Gasteiger partial charge in [0, 0.05) is 65.6 Å². The lowest BCUT2D eigenvalue weighted by molar-refractivity contribution is -0.266. The van der Waals surface area contributed by atoms with Gasteiger partial charge in [-0.3, -0.25) is 19.2 Å². The topological polar surface area (TPSA) is 212 Å². The van der Waals surface area contributed by atoms with Gasteiger partial charge in [0.15, 0.2) is 5.78 Å². The third-order valence-corrected chi connectivity index (χ3v) is 15.8. The van der Waals surface area contributed by atoms with Crippen LogP contribution < -0.4 is 0 Å². The number of piperidine rings is 1. The lowest BCUT2D eigenvalue weighted by Crippen LogP contribution is -2.61. The second kappa shape index (κ2) is 32.4. The van der Waals surface area contributed by atoms with E-state index in [1.165, 1.54) is 19.1 Å². The van der Waals surface area contributed by atoms with E-state index in [2.05, 4.69) is 0 Å². The molecular formula is C58H93NO16. The lowest BCUT2D eigenvalue weighted by Gasteiger charge is -2.43. The van der Waals surface area contributed by atoms with Gasteiger partial charge in [0.25, 0.3) is 11.7 Å². The molecule has 3 heterocycles. The summed E-state index contributed by atoms with van der Waals surface area (Å²) in [6.07, 6.45) is 12.0. The first-order valence-corrected chi connectivity index (χ1v) is 27.5. The average molecular weight is 1060 g/mol. The van der Waals surface area contributed by atoms with Crippen LogP contribution >= 0.6 is 0 Å². The number of carbonyl (C=O) groups excluding carboxylic acids is 5. The van der Waals surface area contributed by atoms with Crippen molar-refractivity contribution < 1.29 is 76.8 Å². The molecule has 2 bridgehead atoms. The molecule has 1 aliphatic carbocycles. The van der Waals surface area contributed by atoms with Gasteiger partial charge in [0.2, 0.25) is 5.79 Å². The second-order valence-electron chi connectivity index (χ2n) is 21.7. The summed E-state index contributed by atoms with van der Waals surface area (Å²) >= 11 is 0. The number of nitrogens with zero attached hydrogens (tertiary/aromatic N) is 1. The number of hydrogen-bond donors (Lipinski definition) is 2. The fourth-order valence-electron chi connectivity index (χ4n) is 11.0. The molecule has 1 saturated carbocycles. The van der Waals surface area contributed by atoms with E-state index < -0.39 is 77.9 Å². The van der Waals surface area contributed by atoms with Crippen LogP contribution in [0.25, 0.3) is 0 Å². The van der Waals surface area contributed by atoms with E-state index in [0.29, 0.717) is 83.4 Å². The maximum absolute atomic E-state index is 14.6. The summed E-state index contributed by atoms with van der Waals surface area (Å²) in [5.74, 6) is -7.74. The maximum atomic E-state index is 14.6. The number of fused-ring (bicyclic) bond motifs is 3. The zero-order valence-electron chi connectivity index (χ0n) is 47.0. The number of ketones is 3. The number of amides is 1. The van der Waals surface area contributed by atoms with E-state index in [0.717, 1.165) is 12.0 Å². The highest BCUT2D eigenvalue weighted by Crippen LogP contribution is 2.38. The van der Waals surface area contributed by atoms with Crippen molar-refractivity contribution in [2.75, 3.05) is 74.6 Å². The van der Waals surface area contributed by atoms with Crippen LogP contribution in [-0.2, 0) is 66.6 Å². The number of esters is 1. The molecule has 17 heteroatoms. The third kappa shape index (κ3) is 19.1. The molecule has 3 aliphatic heterocycles. The summed E-state index contributed by atoms with van der Waals surface area (Å²) in [4.78, 5) is 73.1. The van der Waals surface area contributed by atoms with Crippen molar-refractivity contribution in [2.45, 2.75) is 180 Å². The highest BCUT2D eigenvalue weighted by Gasteiger charge is 2.53. The second-order valence-corrected chi connectivity index (χ2v) is 21.7. The molecule has 2 saturated heterocycles. The van der Waals surface area contributed by atoms with Gasteiger partial charge in [-0.2, -0.15) is 0 Å². The van der Waals surface area contributed by atoms with E-state index in [1.807, 2.05) is 58.1 Å². The molecular weight excluding hydrogens is 967 g/mol. The van der Waals surface area contributed by atoms with E-state index in [4.69, 9.17) is 42.6 Å². The fraction of sp³-hybridized carbons (Fsp3) is 0.776. The van der Waals surface area contributed by atoms with Crippen molar-refractivity contribution >= 4 is 29.2 Å². The van der Waals surface area contributed by atoms with E-state index in [1.54, 1.807) is 41.1 Å². The Morgan fingerprint density at radius 3 is 2.15 bits per heavy atom. The van der Waals surface area contributed by atoms with Gasteiger partial charge in [-0.1, -0.05) is 71.1 Å². The van der Waals surface area contributed by atoms with Crippen LogP contribution in [0.4, 0.5) is 0 Å². The predicted octanol–water partition coefficient (Wildman–Crippen LogP) is 6.88. The summed E-state index contributed by atoms with van der Waals surface area (Å²) in [5.41, 5.74) is 1.49. The number of cyclic esters (lactones) is 1. The summed E-state index contributed by atoms with van der Waals surface area (Å²) in [6.45, 7) is 15.3. The van der Waals surface area contributed by atoms with Crippen molar-refractivity contribution in [2.24, 2.45) is 35.5 Å². The van der Waals surface area contributed by atoms with E-state index in [9.17, 15) is 34.2 Å². The fourth-order valence-corrected chi connectivity index (χ4v) is 11.0. The highest BCUT2D eigenvalue weighted by atomic mass is 16.6. The molecule has 0 aromatic heterocycles. The Kier molecular flexibility index (Phi) is 27.7. The van der Waals surface area contributed by atoms with Gasteiger partial charge in [-0.15, -0.1) is 0 Å². The van der Waals surface area contributed by atoms with Gasteiger partial charge in [0.1, 0.15) is 30.1 Å². The number of allylic oxidation sites excluding steroid dienone is 6. The van der Waals surface area contributed by atoms with E-state index in [-0.39, 0.29) is 80.4 Å². The van der Waals surface area contributed by atoms with Crippen LogP contribution in [0.2, 0.25) is 0 Å². The number of carbonyl (C=O) groups is 5. The van der Waals surface area contributed by atoms with Gasteiger partial charge in [0.05, 0.1) is 64.1 Å². The average Bonchev–Trinajstić information content (AvgIpc) is 3.39. The minimum absolute atomic E-state index is 0.0273. The Hall–Kier alpha value is -3.49. The first-order chi connectivity index (χ1) is 35.8. The normalized spacial score (nSPS) is 35.5. The molecule has 4 rings (SSSR count). The largest absolute Gasteiger partial charge is 0.460 e. The van der Waals surface area contributed by atoms with Gasteiger partial charge in [-0.05, 0) is 107 Å². The minimum Gasteiger partial charge on any atom is -0.460 e. The zero-order valence-corrected chi connectivity index (χ0v) is 47.0. The first kappa shape index (κ1) is 64.0. The van der Waals surface area contributed by atoms with Crippen LogP contribution in [0.15, 0.2) is 47.6 Å². The molecule has 2 N–H and O–H groups in total. The molecule has 3 fully saturated rings. The number of aliphatic hydroxyl groups is 2. The van der Waals surface area contributed by atoms with Crippen LogP contribution in [0.1, 0.15) is 126 Å². The van der Waals surface area contributed by atoms with E-state index >= 15 is 0 Å². The smallest absolute Gasteiger partial charge is 0.329 e. The van der Waals surface area contributed by atoms with Crippen LogP contribution in [-0.4, -0.2) is 174 Å².